The number of hydrogen-bond donors (Lipinski definition) is 1. The van der Waals surface area contributed by atoms with E-state index in [0.717, 1.165) is 36.1 Å². The molecule has 2 heterocycles. The van der Waals surface area contributed by atoms with Crippen molar-refractivity contribution in [2.24, 2.45) is 0 Å². The Morgan fingerprint density at radius 3 is 2.53 bits per heavy atom. The quantitative estimate of drug-likeness (QED) is 0.501. The lowest BCUT2D eigenvalue weighted by Gasteiger charge is -2.44. The summed E-state index contributed by atoms with van der Waals surface area (Å²) in [5.74, 6) is 0.466. The van der Waals surface area contributed by atoms with Gasteiger partial charge in [0.1, 0.15) is 11.5 Å². The first-order valence-corrected chi connectivity index (χ1v) is 12.5. The molecule has 2 aromatic carbocycles. The maximum absolute atomic E-state index is 14.0. The van der Waals surface area contributed by atoms with E-state index >= 15 is 0 Å². The molecule has 0 bridgehead atoms. The van der Waals surface area contributed by atoms with Gasteiger partial charge >= 0.3 is 0 Å². The Hall–Kier alpha value is -3.32. The van der Waals surface area contributed by atoms with Gasteiger partial charge in [-0.2, -0.15) is 0 Å². The van der Waals surface area contributed by atoms with Gasteiger partial charge in [-0.25, -0.2) is 0 Å². The molecular weight excluding hydrogens is 448 g/mol. The van der Waals surface area contributed by atoms with E-state index < -0.39 is 5.92 Å². The number of nitrogens with one attached hydrogen (secondary N) is 1. The molecule has 1 aliphatic heterocycles. The molecule has 1 N–H and O–H groups in total. The van der Waals surface area contributed by atoms with Gasteiger partial charge in [0, 0.05) is 22.5 Å². The van der Waals surface area contributed by atoms with Crippen molar-refractivity contribution in [3.8, 4) is 11.5 Å². The second-order valence-electron chi connectivity index (χ2n) is 8.73. The van der Waals surface area contributed by atoms with Crippen LogP contribution in [0.1, 0.15) is 58.4 Å². The van der Waals surface area contributed by atoms with E-state index in [1.165, 1.54) is 0 Å². The standard InChI is InChI=1S/C27H28N2O4S/c1-32-18-13-14-22(33-2)21(16-18)28-26(30)24-19-10-5-6-11-20(19)27(31)29(17-8-3-4-9-17)25(24)23-12-7-15-34-23/h5-7,10-17,24-25H,3-4,8-9H2,1-2H3,(H,28,30)/t24-,25-/m0/s1. The molecule has 0 radical (unpaired) electrons. The molecule has 3 aromatic rings. The molecule has 1 aliphatic carbocycles. The summed E-state index contributed by atoms with van der Waals surface area (Å²) in [6, 6.07) is 16.6. The van der Waals surface area contributed by atoms with Gasteiger partial charge in [-0.15, -0.1) is 11.3 Å². The Morgan fingerprint density at radius 1 is 1.03 bits per heavy atom. The molecule has 6 nitrogen and oxygen atoms in total. The Labute approximate surface area is 203 Å². The second-order valence-corrected chi connectivity index (χ2v) is 9.71. The number of anilines is 1. The summed E-state index contributed by atoms with van der Waals surface area (Å²) in [7, 11) is 3.16. The van der Waals surface area contributed by atoms with E-state index in [0.29, 0.717) is 22.7 Å². The molecule has 2 aliphatic rings. The van der Waals surface area contributed by atoms with E-state index in [1.54, 1.807) is 43.8 Å². The van der Waals surface area contributed by atoms with Crippen LogP contribution in [0.5, 0.6) is 11.5 Å². The number of ether oxygens (including phenoxy) is 2. The molecule has 176 valence electrons. The van der Waals surface area contributed by atoms with Gasteiger partial charge in [0.25, 0.3) is 5.91 Å². The Bertz CT molecular complexity index is 1190. The number of carbonyl (C=O) groups excluding carboxylic acids is 2. The average molecular weight is 477 g/mol. The fourth-order valence-electron chi connectivity index (χ4n) is 5.30. The molecule has 1 fully saturated rings. The van der Waals surface area contributed by atoms with Crippen LogP contribution in [0.25, 0.3) is 0 Å². The Kier molecular flexibility index (Phi) is 6.28. The van der Waals surface area contributed by atoms with Gasteiger partial charge in [-0.1, -0.05) is 37.1 Å². The fraction of sp³-hybridized carbons (Fsp3) is 0.333. The summed E-state index contributed by atoms with van der Waals surface area (Å²) in [4.78, 5) is 30.8. The van der Waals surface area contributed by atoms with Crippen LogP contribution in [-0.4, -0.2) is 37.0 Å². The molecule has 7 heteroatoms. The maximum Gasteiger partial charge on any atom is 0.254 e. The van der Waals surface area contributed by atoms with Crippen molar-refractivity contribution in [3.05, 3.63) is 76.0 Å². The van der Waals surface area contributed by atoms with E-state index in [9.17, 15) is 9.59 Å². The van der Waals surface area contributed by atoms with Crippen molar-refractivity contribution in [1.82, 2.24) is 4.90 Å². The zero-order valence-electron chi connectivity index (χ0n) is 19.3. The zero-order chi connectivity index (χ0) is 23.7. The number of benzene rings is 2. The number of rotatable bonds is 6. The van der Waals surface area contributed by atoms with Crippen molar-refractivity contribution < 1.29 is 19.1 Å². The normalized spacial score (nSPS) is 20.2. The summed E-state index contributed by atoms with van der Waals surface area (Å²) in [5.41, 5.74) is 1.91. The molecule has 0 spiro atoms. The number of nitrogens with zero attached hydrogens (tertiary/aromatic N) is 1. The summed E-state index contributed by atoms with van der Waals surface area (Å²) >= 11 is 1.59. The summed E-state index contributed by atoms with van der Waals surface area (Å²) in [6.07, 6.45) is 4.14. The smallest absolute Gasteiger partial charge is 0.254 e. The van der Waals surface area contributed by atoms with Crippen molar-refractivity contribution in [2.45, 2.75) is 43.7 Å². The highest BCUT2D eigenvalue weighted by molar-refractivity contribution is 7.10. The van der Waals surface area contributed by atoms with E-state index in [1.807, 2.05) is 46.7 Å². The highest BCUT2D eigenvalue weighted by atomic mass is 32.1. The topological polar surface area (TPSA) is 67.9 Å². The lowest BCUT2D eigenvalue weighted by Crippen LogP contribution is -2.49. The predicted octanol–water partition coefficient (Wildman–Crippen LogP) is 5.63. The third-order valence-electron chi connectivity index (χ3n) is 6.88. The van der Waals surface area contributed by atoms with Crippen LogP contribution in [0.4, 0.5) is 5.69 Å². The zero-order valence-corrected chi connectivity index (χ0v) is 20.1. The maximum atomic E-state index is 14.0. The van der Waals surface area contributed by atoms with Crippen LogP contribution in [0, 0.1) is 0 Å². The van der Waals surface area contributed by atoms with Crippen LogP contribution in [0.15, 0.2) is 60.0 Å². The monoisotopic (exact) mass is 476 g/mol. The number of carbonyl (C=O) groups is 2. The first-order chi connectivity index (χ1) is 16.6. The van der Waals surface area contributed by atoms with Crippen molar-refractivity contribution in [3.63, 3.8) is 0 Å². The minimum atomic E-state index is -0.552. The molecule has 2 atom stereocenters. The van der Waals surface area contributed by atoms with Crippen molar-refractivity contribution in [2.75, 3.05) is 19.5 Å². The van der Waals surface area contributed by atoms with Crippen LogP contribution >= 0.6 is 11.3 Å². The Morgan fingerprint density at radius 2 is 1.82 bits per heavy atom. The van der Waals surface area contributed by atoms with Gasteiger partial charge in [-0.05, 0) is 48.1 Å². The third-order valence-corrected chi connectivity index (χ3v) is 7.82. The Balaban J connectivity index is 1.61. The number of fused-ring (bicyclic) bond motifs is 1. The van der Waals surface area contributed by atoms with E-state index in [-0.39, 0.29) is 23.9 Å². The summed E-state index contributed by atoms with van der Waals surface area (Å²) < 4.78 is 10.8. The summed E-state index contributed by atoms with van der Waals surface area (Å²) in [5, 5.41) is 5.09. The molecule has 34 heavy (non-hydrogen) atoms. The van der Waals surface area contributed by atoms with E-state index in [4.69, 9.17) is 9.47 Å². The molecule has 5 rings (SSSR count). The molecule has 0 saturated heterocycles. The first kappa shape index (κ1) is 22.5. The van der Waals surface area contributed by atoms with Gasteiger partial charge in [0.2, 0.25) is 5.91 Å². The fourth-order valence-corrected chi connectivity index (χ4v) is 6.16. The number of hydrogen-bond acceptors (Lipinski definition) is 5. The van der Waals surface area contributed by atoms with Gasteiger partial charge in [-0.3, -0.25) is 9.59 Å². The molecule has 0 unspecified atom stereocenters. The highest BCUT2D eigenvalue weighted by Gasteiger charge is 2.47. The van der Waals surface area contributed by atoms with Gasteiger partial charge in [0.15, 0.2) is 0 Å². The highest BCUT2D eigenvalue weighted by Crippen LogP contribution is 2.47. The number of amides is 2. The molecule has 1 saturated carbocycles. The number of thiophene rings is 1. The number of methoxy groups -OCH3 is 2. The van der Waals surface area contributed by atoms with Gasteiger partial charge in [0.05, 0.1) is 31.9 Å². The SMILES string of the molecule is COc1ccc(OC)c(NC(=O)[C@H]2c3ccccc3C(=O)N(C3CCCC3)[C@H]2c2cccs2)c1. The van der Waals surface area contributed by atoms with Crippen LogP contribution in [-0.2, 0) is 4.79 Å². The van der Waals surface area contributed by atoms with Crippen LogP contribution in [0.2, 0.25) is 0 Å². The summed E-state index contributed by atoms with van der Waals surface area (Å²) in [6.45, 7) is 0. The minimum absolute atomic E-state index is 0.0175. The van der Waals surface area contributed by atoms with Crippen LogP contribution in [0.3, 0.4) is 0 Å². The average Bonchev–Trinajstić information content (AvgIpc) is 3.58. The molecule has 2 amide bonds. The van der Waals surface area contributed by atoms with Gasteiger partial charge < -0.3 is 19.7 Å². The minimum Gasteiger partial charge on any atom is -0.497 e. The van der Waals surface area contributed by atoms with E-state index in [2.05, 4.69) is 5.32 Å². The lowest BCUT2D eigenvalue weighted by atomic mass is 9.80. The molecule has 1 aromatic heterocycles. The van der Waals surface area contributed by atoms with Crippen molar-refractivity contribution in [1.29, 1.82) is 0 Å². The first-order valence-electron chi connectivity index (χ1n) is 11.6. The third kappa shape index (κ3) is 3.94. The van der Waals surface area contributed by atoms with Crippen LogP contribution < -0.4 is 14.8 Å². The molecular formula is C27H28N2O4S. The second kappa shape index (κ2) is 9.50. The largest absolute Gasteiger partial charge is 0.497 e. The van der Waals surface area contributed by atoms with Crippen molar-refractivity contribution >= 4 is 28.8 Å². The lowest BCUT2D eigenvalue weighted by molar-refractivity contribution is -0.119. The predicted molar refractivity (Wildman–Crippen MR) is 133 cm³/mol.